The van der Waals surface area contributed by atoms with Crippen molar-refractivity contribution in [1.29, 1.82) is 0 Å². The lowest BCUT2D eigenvalue weighted by molar-refractivity contribution is -0.116. The zero-order chi connectivity index (χ0) is 21.0. The second-order valence-corrected chi connectivity index (χ2v) is 10.4. The monoisotopic (exact) mass is 436 g/mol. The van der Waals surface area contributed by atoms with E-state index in [1.165, 1.54) is 37.6 Å². The average Bonchev–Trinajstić information content (AvgIpc) is 3.11. The summed E-state index contributed by atoms with van der Waals surface area (Å²) in [5.41, 5.74) is 2.85. The Morgan fingerprint density at radius 3 is 2.62 bits per heavy atom. The van der Waals surface area contributed by atoms with Crippen LogP contribution in [0.1, 0.15) is 36.1 Å². The van der Waals surface area contributed by atoms with Gasteiger partial charge in [-0.25, -0.2) is 13.4 Å². The van der Waals surface area contributed by atoms with E-state index in [0.29, 0.717) is 5.13 Å². The molecule has 7 nitrogen and oxygen atoms in total. The number of sulfonamides is 1. The molecule has 1 aromatic carbocycles. The van der Waals surface area contributed by atoms with Gasteiger partial charge in [-0.15, -0.1) is 11.3 Å². The van der Waals surface area contributed by atoms with Crippen LogP contribution in [0.25, 0.3) is 0 Å². The van der Waals surface area contributed by atoms with Crippen molar-refractivity contribution in [3.05, 3.63) is 40.4 Å². The number of hydrogen-bond acceptors (Lipinski definition) is 6. The summed E-state index contributed by atoms with van der Waals surface area (Å²) in [6.07, 6.45) is 3.72. The third-order valence-electron chi connectivity index (χ3n) is 5.19. The van der Waals surface area contributed by atoms with Crippen molar-refractivity contribution in [3.63, 3.8) is 0 Å². The summed E-state index contributed by atoms with van der Waals surface area (Å²) < 4.78 is 26.5. The van der Waals surface area contributed by atoms with Gasteiger partial charge in [0.05, 0.1) is 17.1 Å². The number of amides is 1. The molecule has 1 fully saturated rings. The van der Waals surface area contributed by atoms with Crippen molar-refractivity contribution in [2.24, 2.45) is 0 Å². The number of likely N-dealkylation sites (N-methyl/N-ethyl adjacent to an activating group) is 1. The topological polar surface area (TPSA) is 82.6 Å². The molecule has 1 saturated heterocycles. The largest absolute Gasteiger partial charge is 0.301 e. The number of thiazole rings is 1. The van der Waals surface area contributed by atoms with Gasteiger partial charge in [-0.1, -0.05) is 12.5 Å². The average molecular weight is 437 g/mol. The minimum Gasteiger partial charge on any atom is -0.301 e. The number of piperidine rings is 1. The highest BCUT2D eigenvalue weighted by molar-refractivity contribution is 7.89. The summed E-state index contributed by atoms with van der Waals surface area (Å²) in [6, 6.07) is 4.97. The second kappa shape index (κ2) is 9.34. The van der Waals surface area contributed by atoms with Crippen molar-refractivity contribution >= 4 is 32.4 Å². The van der Waals surface area contributed by atoms with E-state index in [0.717, 1.165) is 40.8 Å². The van der Waals surface area contributed by atoms with E-state index in [-0.39, 0.29) is 11.4 Å². The standard InChI is InChI=1S/C20H28N4O3S2/c1-15-7-8-18(11-16(15)2)29(26,27)23(3)13-19(25)22-20-21-17(14-28-20)12-24-9-5-4-6-10-24/h7-8,11,14H,4-6,9-10,12-13H2,1-3H3,(H,21,22,25). The van der Waals surface area contributed by atoms with Gasteiger partial charge in [-0.2, -0.15) is 4.31 Å². The molecule has 2 heterocycles. The molecule has 0 unspecified atom stereocenters. The number of carbonyl (C=O) groups is 1. The van der Waals surface area contributed by atoms with Gasteiger partial charge in [0.1, 0.15) is 0 Å². The number of aromatic nitrogens is 1. The van der Waals surface area contributed by atoms with Gasteiger partial charge < -0.3 is 5.32 Å². The zero-order valence-corrected chi connectivity index (χ0v) is 18.8. The number of anilines is 1. The first kappa shape index (κ1) is 21.9. The Morgan fingerprint density at radius 1 is 1.21 bits per heavy atom. The van der Waals surface area contributed by atoms with Crippen molar-refractivity contribution in [2.75, 3.05) is 32.0 Å². The van der Waals surface area contributed by atoms with E-state index < -0.39 is 15.9 Å². The molecule has 0 saturated carbocycles. The van der Waals surface area contributed by atoms with Crippen LogP contribution in [-0.2, 0) is 21.4 Å². The van der Waals surface area contributed by atoms with E-state index >= 15 is 0 Å². The maximum absolute atomic E-state index is 12.7. The summed E-state index contributed by atoms with van der Waals surface area (Å²) in [7, 11) is -2.32. The Morgan fingerprint density at radius 2 is 1.93 bits per heavy atom. The summed E-state index contributed by atoms with van der Waals surface area (Å²) in [6.45, 7) is 6.48. The Labute approximate surface area is 176 Å². The predicted molar refractivity (Wildman–Crippen MR) is 116 cm³/mol. The van der Waals surface area contributed by atoms with E-state index in [1.54, 1.807) is 18.2 Å². The molecule has 2 aromatic rings. The molecular weight excluding hydrogens is 408 g/mol. The smallest absolute Gasteiger partial charge is 0.243 e. The van der Waals surface area contributed by atoms with Gasteiger partial charge in [-0.05, 0) is 63.0 Å². The van der Waals surface area contributed by atoms with Crippen molar-refractivity contribution in [1.82, 2.24) is 14.2 Å². The Bertz CT molecular complexity index is 966. The van der Waals surface area contributed by atoms with Crippen LogP contribution < -0.4 is 5.32 Å². The number of likely N-dealkylation sites (tertiary alicyclic amines) is 1. The molecule has 1 aliphatic rings. The van der Waals surface area contributed by atoms with Gasteiger partial charge in [-0.3, -0.25) is 9.69 Å². The summed E-state index contributed by atoms with van der Waals surface area (Å²) in [5.74, 6) is -0.404. The molecule has 1 aliphatic heterocycles. The van der Waals surface area contributed by atoms with E-state index in [4.69, 9.17) is 0 Å². The van der Waals surface area contributed by atoms with Crippen LogP contribution in [0.4, 0.5) is 5.13 Å². The molecule has 0 atom stereocenters. The highest BCUT2D eigenvalue weighted by atomic mass is 32.2. The third-order valence-corrected chi connectivity index (χ3v) is 7.79. The minimum atomic E-state index is -3.73. The normalized spacial score (nSPS) is 15.6. The summed E-state index contributed by atoms with van der Waals surface area (Å²) >= 11 is 1.36. The Kier molecular flexibility index (Phi) is 7.05. The maximum Gasteiger partial charge on any atom is 0.243 e. The van der Waals surface area contributed by atoms with Crippen LogP contribution >= 0.6 is 11.3 Å². The lowest BCUT2D eigenvalue weighted by atomic mass is 10.1. The lowest BCUT2D eigenvalue weighted by Crippen LogP contribution is -2.35. The molecule has 0 spiro atoms. The summed E-state index contributed by atoms with van der Waals surface area (Å²) in [4.78, 5) is 19.4. The van der Waals surface area contributed by atoms with Crippen molar-refractivity contribution < 1.29 is 13.2 Å². The first-order valence-electron chi connectivity index (χ1n) is 9.76. The van der Waals surface area contributed by atoms with Gasteiger partial charge >= 0.3 is 0 Å². The molecule has 1 N–H and O–H groups in total. The van der Waals surface area contributed by atoms with E-state index in [2.05, 4.69) is 15.2 Å². The minimum absolute atomic E-state index is 0.189. The first-order valence-corrected chi connectivity index (χ1v) is 12.1. The fourth-order valence-electron chi connectivity index (χ4n) is 3.28. The molecule has 29 heavy (non-hydrogen) atoms. The van der Waals surface area contributed by atoms with Crippen LogP contribution in [-0.4, -0.2) is 55.2 Å². The zero-order valence-electron chi connectivity index (χ0n) is 17.1. The van der Waals surface area contributed by atoms with Gasteiger partial charge in [0, 0.05) is 19.0 Å². The Balaban J connectivity index is 1.57. The third kappa shape index (κ3) is 5.63. The van der Waals surface area contributed by atoms with Crippen molar-refractivity contribution in [3.8, 4) is 0 Å². The number of hydrogen-bond donors (Lipinski definition) is 1. The van der Waals surface area contributed by atoms with Crippen LogP contribution in [0.15, 0.2) is 28.5 Å². The molecule has 9 heteroatoms. The van der Waals surface area contributed by atoms with Crippen LogP contribution in [0.3, 0.4) is 0 Å². The second-order valence-electron chi connectivity index (χ2n) is 7.54. The number of nitrogens with zero attached hydrogens (tertiary/aromatic N) is 3. The highest BCUT2D eigenvalue weighted by Crippen LogP contribution is 2.20. The molecule has 0 bridgehead atoms. The molecular formula is C20H28N4O3S2. The molecule has 0 aliphatic carbocycles. The highest BCUT2D eigenvalue weighted by Gasteiger charge is 2.24. The first-order chi connectivity index (χ1) is 13.8. The maximum atomic E-state index is 12.7. The fraction of sp³-hybridized carbons (Fsp3) is 0.500. The lowest BCUT2D eigenvalue weighted by Gasteiger charge is -2.25. The molecule has 158 valence electrons. The van der Waals surface area contributed by atoms with Gasteiger partial charge in [0.2, 0.25) is 15.9 Å². The van der Waals surface area contributed by atoms with E-state index in [9.17, 15) is 13.2 Å². The fourth-order valence-corrected chi connectivity index (χ4v) is 5.21. The molecule has 0 radical (unpaired) electrons. The van der Waals surface area contributed by atoms with Crippen molar-refractivity contribution in [2.45, 2.75) is 44.6 Å². The van der Waals surface area contributed by atoms with Gasteiger partial charge in [0.25, 0.3) is 0 Å². The SMILES string of the molecule is Cc1ccc(S(=O)(=O)N(C)CC(=O)Nc2nc(CN3CCCCC3)cs2)cc1C. The van der Waals surface area contributed by atoms with Crippen LogP contribution in [0.5, 0.6) is 0 Å². The van der Waals surface area contributed by atoms with Crippen LogP contribution in [0, 0.1) is 13.8 Å². The van der Waals surface area contributed by atoms with Crippen LogP contribution in [0.2, 0.25) is 0 Å². The molecule has 3 rings (SSSR count). The molecule has 1 amide bonds. The summed E-state index contributed by atoms with van der Waals surface area (Å²) in [5, 5.41) is 5.16. The Hall–Kier alpha value is -1.81. The predicted octanol–water partition coefficient (Wildman–Crippen LogP) is 3.01. The molecule has 1 aromatic heterocycles. The van der Waals surface area contributed by atoms with E-state index in [1.807, 2.05) is 19.2 Å². The number of rotatable bonds is 7. The number of aryl methyl sites for hydroxylation is 2. The van der Waals surface area contributed by atoms with Gasteiger partial charge in [0.15, 0.2) is 5.13 Å². The number of benzene rings is 1. The number of nitrogens with one attached hydrogen (secondary N) is 1. The number of carbonyl (C=O) groups excluding carboxylic acids is 1. The quantitative estimate of drug-likeness (QED) is 0.721.